The summed E-state index contributed by atoms with van der Waals surface area (Å²) < 4.78 is 75.0. The van der Waals surface area contributed by atoms with E-state index in [0.29, 0.717) is 51.2 Å². The summed E-state index contributed by atoms with van der Waals surface area (Å²) in [7, 11) is -2.89. The highest BCUT2D eigenvalue weighted by atomic mass is 32.2. The zero-order valence-corrected chi connectivity index (χ0v) is 32.5. The molecule has 0 bridgehead atoms. The summed E-state index contributed by atoms with van der Waals surface area (Å²) in [4.78, 5) is 42.6. The number of carbonyl (C=O) groups is 2. The quantitative estimate of drug-likeness (QED) is 0.0749. The topological polar surface area (TPSA) is 151 Å². The van der Waals surface area contributed by atoms with Crippen molar-refractivity contribution in [2.45, 2.75) is 41.3 Å². The molecule has 0 unspecified atom stereocenters. The van der Waals surface area contributed by atoms with E-state index in [0.717, 1.165) is 34.4 Å². The minimum absolute atomic E-state index is 0.0163. The zero-order valence-electron chi connectivity index (χ0n) is 30.8. The van der Waals surface area contributed by atoms with Crippen molar-refractivity contribution < 1.29 is 40.8 Å². The minimum atomic E-state index is -4.75. The smallest absolute Gasteiger partial charge is 0.416 e. The molecule has 0 spiro atoms. The molecule has 2 heterocycles. The van der Waals surface area contributed by atoms with E-state index in [1.165, 1.54) is 36.0 Å². The van der Waals surface area contributed by atoms with Crippen LogP contribution in [0, 0.1) is 10.1 Å². The van der Waals surface area contributed by atoms with Crippen molar-refractivity contribution in [3.63, 3.8) is 0 Å². The van der Waals surface area contributed by atoms with Crippen molar-refractivity contribution in [3.05, 3.63) is 129 Å². The van der Waals surface area contributed by atoms with Crippen LogP contribution >= 0.6 is 11.8 Å². The van der Waals surface area contributed by atoms with Gasteiger partial charge in [0.15, 0.2) is 0 Å². The van der Waals surface area contributed by atoms with Gasteiger partial charge in [-0.05, 0) is 86.9 Å². The lowest BCUT2D eigenvalue weighted by Crippen LogP contribution is -2.32. The monoisotopic (exact) mass is 823 g/mol. The van der Waals surface area contributed by atoms with Gasteiger partial charge in [-0.15, -0.1) is 11.8 Å². The van der Waals surface area contributed by atoms with Crippen LogP contribution in [0.5, 0.6) is 0 Å². The number of nitro benzene ring substituents is 1. The molecule has 300 valence electrons. The third-order valence-electron chi connectivity index (χ3n) is 9.68. The van der Waals surface area contributed by atoms with Crippen LogP contribution in [0.4, 0.5) is 30.2 Å². The Labute approximate surface area is 332 Å². The van der Waals surface area contributed by atoms with Crippen molar-refractivity contribution in [3.8, 4) is 0 Å². The number of hydrogen-bond donors (Lipinski definition) is 2. The number of carbonyl (C=O) groups excluding carboxylic acids is 2. The van der Waals surface area contributed by atoms with Crippen molar-refractivity contribution in [1.82, 2.24) is 9.62 Å². The van der Waals surface area contributed by atoms with Crippen molar-refractivity contribution >= 4 is 56.8 Å². The molecule has 0 saturated carbocycles. The molecule has 1 amide bonds. The molecule has 2 aliphatic heterocycles. The molecule has 1 atom stereocenters. The average Bonchev–Trinajstić information content (AvgIpc) is 3.21. The Morgan fingerprint density at radius 2 is 1.68 bits per heavy atom. The lowest BCUT2D eigenvalue weighted by atomic mass is 9.98. The lowest BCUT2D eigenvalue weighted by molar-refractivity contribution is -0.384. The Morgan fingerprint density at radius 1 is 1.00 bits per heavy atom. The third kappa shape index (κ3) is 10.5. The SMILES string of the molecule is CN1CCOC(=O)c2cc(S(=O)(=O)NC(=O)c3ccc(N4CCC(=Cc5ccccc5C(F)(F)F)CC4)cc3)cc([N+](=O)[O-])c2N[C@@H](CSc2ccccc2)CC1. The summed E-state index contributed by atoms with van der Waals surface area (Å²) in [6, 6.07) is 22.5. The molecule has 17 heteroatoms. The van der Waals surface area contributed by atoms with Crippen LogP contribution < -0.4 is 14.9 Å². The molecule has 2 N–H and O–H groups in total. The highest BCUT2D eigenvalue weighted by Crippen LogP contribution is 2.36. The predicted octanol–water partition coefficient (Wildman–Crippen LogP) is 7.48. The number of cyclic esters (lactones) is 1. The predicted molar refractivity (Wildman–Crippen MR) is 212 cm³/mol. The first-order chi connectivity index (χ1) is 27.2. The van der Waals surface area contributed by atoms with E-state index in [-0.39, 0.29) is 35.0 Å². The second kappa shape index (κ2) is 17.8. The summed E-state index contributed by atoms with van der Waals surface area (Å²) in [6.45, 7) is 1.95. The fourth-order valence-electron chi connectivity index (χ4n) is 6.55. The largest absolute Gasteiger partial charge is 0.461 e. The first kappa shape index (κ1) is 41.2. The van der Waals surface area contributed by atoms with Crippen LogP contribution in [0.3, 0.4) is 0 Å². The van der Waals surface area contributed by atoms with E-state index in [4.69, 9.17) is 4.74 Å². The summed E-state index contributed by atoms with van der Waals surface area (Å²) in [6.07, 6.45) is -1.29. The van der Waals surface area contributed by atoms with Gasteiger partial charge in [-0.2, -0.15) is 13.2 Å². The van der Waals surface area contributed by atoms with Gasteiger partial charge in [-0.1, -0.05) is 48.0 Å². The van der Waals surface area contributed by atoms with Gasteiger partial charge in [0.25, 0.3) is 21.6 Å². The van der Waals surface area contributed by atoms with E-state index in [9.17, 15) is 41.3 Å². The van der Waals surface area contributed by atoms with Crippen LogP contribution in [-0.2, 0) is 20.9 Å². The number of alkyl halides is 3. The number of likely N-dealkylation sites (N-methyl/N-ethyl adjacent to an activating group) is 1. The third-order valence-corrected chi connectivity index (χ3v) is 12.2. The van der Waals surface area contributed by atoms with Gasteiger partial charge in [0.2, 0.25) is 0 Å². The van der Waals surface area contributed by atoms with E-state index >= 15 is 0 Å². The molecule has 6 rings (SSSR count). The minimum Gasteiger partial charge on any atom is -0.461 e. The number of hydrogen-bond acceptors (Lipinski definition) is 11. The van der Waals surface area contributed by atoms with Gasteiger partial charge in [-0.3, -0.25) is 14.9 Å². The van der Waals surface area contributed by atoms with Crippen LogP contribution in [-0.4, -0.2) is 81.7 Å². The Balaban J connectivity index is 1.18. The summed E-state index contributed by atoms with van der Waals surface area (Å²) >= 11 is 1.53. The molecule has 1 fully saturated rings. The number of anilines is 2. The van der Waals surface area contributed by atoms with Gasteiger partial charge in [0.05, 0.1) is 20.9 Å². The number of benzene rings is 4. The number of nitrogens with one attached hydrogen (secondary N) is 2. The van der Waals surface area contributed by atoms with Crippen LogP contribution in [0.25, 0.3) is 6.08 Å². The highest BCUT2D eigenvalue weighted by Gasteiger charge is 2.33. The van der Waals surface area contributed by atoms with Crippen molar-refractivity contribution in [2.75, 3.05) is 55.8 Å². The highest BCUT2D eigenvalue weighted by molar-refractivity contribution is 7.99. The summed E-state index contributed by atoms with van der Waals surface area (Å²) in [5.74, 6) is -1.49. The molecular weight excluding hydrogens is 784 g/mol. The van der Waals surface area contributed by atoms with Crippen LogP contribution in [0.15, 0.2) is 106 Å². The molecule has 4 aromatic rings. The van der Waals surface area contributed by atoms with Crippen LogP contribution in [0.2, 0.25) is 0 Å². The fourth-order valence-corrected chi connectivity index (χ4v) is 8.56. The first-order valence-corrected chi connectivity index (χ1v) is 20.5. The Morgan fingerprint density at radius 3 is 2.37 bits per heavy atom. The van der Waals surface area contributed by atoms with Gasteiger partial charge >= 0.3 is 12.1 Å². The Kier molecular flexibility index (Phi) is 12.9. The maximum atomic E-state index is 13.6. The number of amides is 1. The second-order valence-electron chi connectivity index (χ2n) is 13.7. The first-order valence-electron chi connectivity index (χ1n) is 18.1. The number of esters is 1. The molecule has 57 heavy (non-hydrogen) atoms. The lowest BCUT2D eigenvalue weighted by Gasteiger charge is -2.30. The summed E-state index contributed by atoms with van der Waals surface area (Å²) in [5.41, 5.74) is -0.207. The van der Waals surface area contributed by atoms with Gasteiger partial charge in [0.1, 0.15) is 12.3 Å². The van der Waals surface area contributed by atoms with E-state index < -0.39 is 49.1 Å². The maximum Gasteiger partial charge on any atom is 0.416 e. The molecule has 2 aliphatic rings. The molecule has 0 radical (unpaired) electrons. The number of ether oxygens (including phenoxy) is 1. The number of halogens is 3. The van der Waals surface area contributed by atoms with E-state index in [2.05, 4.69) is 5.32 Å². The Bertz CT molecular complexity index is 2250. The van der Waals surface area contributed by atoms with Crippen molar-refractivity contribution in [2.24, 2.45) is 0 Å². The van der Waals surface area contributed by atoms with Gasteiger partial charge < -0.3 is 19.9 Å². The zero-order chi connectivity index (χ0) is 40.7. The fraction of sp³-hybridized carbons (Fsp3) is 0.300. The summed E-state index contributed by atoms with van der Waals surface area (Å²) in [5, 5.41) is 15.6. The number of piperidine rings is 1. The molecule has 1 saturated heterocycles. The molecule has 0 aromatic heterocycles. The number of sulfonamides is 1. The number of rotatable bonds is 9. The number of nitrogens with zero attached hydrogens (tertiary/aromatic N) is 3. The number of thioether (sulfide) groups is 1. The second-order valence-corrected chi connectivity index (χ2v) is 16.4. The number of nitro groups is 1. The van der Waals surface area contributed by atoms with E-state index in [1.54, 1.807) is 24.3 Å². The molecular formula is C40H40F3N5O7S2. The van der Waals surface area contributed by atoms with E-state index in [1.807, 2.05) is 51.9 Å². The Hall–Kier alpha value is -5.39. The normalized spacial score (nSPS) is 17.1. The van der Waals surface area contributed by atoms with Crippen molar-refractivity contribution in [1.29, 1.82) is 0 Å². The van der Waals surface area contributed by atoms with Crippen LogP contribution in [0.1, 0.15) is 51.1 Å². The molecule has 4 aromatic carbocycles. The number of fused-ring (bicyclic) bond motifs is 1. The maximum absolute atomic E-state index is 13.6. The molecule has 12 nitrogen and oxygen atoms in total. The van der Waals surface area contributed by atoms with Gasteiger partial charge in [0, 0.05) is 53.6 Å². The average molecular weight is 824 g/mol. The molecule has 0 aliphatic carbocycles. The van der Waals surface area contributed by atoms with Gasteiger partial charge in [-0.25, -0.2) is 17.9 Å². The standard InChI is InChI=1S/C40H40F3N5O7S2/c1-46-18-17-30(26-56-32-8-3-2-4-9-32)44-37-34(39(50)55-22-21-46)24-33(25-36(37)48(51)52)57(53,54)45-38(49)28-11-13-31(14-12-28)47-19-15-27(16-20-47)23-29-7-5-6-10-35(29)40(41,42)43/h2-14,23-25,30,44H,15-22,26H2,1H3,(H,45,49)/t30-/m1/s1.